The van der Waals surface area contributed by atoms with Crippen molar-refractivity contribution in [2.45, 2.75) is 46.5 Å². The van der Waals surface area contributed by atoms with Gasteiger partial charge in [0, 0.05) is 6.42 Å². The Balaban J connectivity index is 0. The quantitative estimate of drug-likeness (QED) is 0.332. The summed E-state index contributed by atoms with van der Waals surface area (Å²) in [5.74, 6) is 0. The molecule has 0 aromatic rings. The van der Waals surface area contributed by atoms with E-state index in [1.54, 1.807) is 0 Å². The van der Waals surface area contributed by atoms with Crippen LogP contribution in [-0.4, -0.2) is 35.9 Å². The van der Waals surface area contributed by atoms with Crippen LogP contribution in [0, 0.1) is 0 Å². The molecule has 0 bridgehead atoms. The van der Waals surface area contributed by atoms with Crippen LogP contribution in [0.4, 0.5) is 0 Å². The van der Waals surface area contributed by atoms with Gasteiger partial charge in [-0.15, -0.1) is 0 Å². The van der Waals surface area contributed by atoms with Crippen molar-refractivity contribution in [3.63, 3.8) is 0 Å². The Morgan fingerprint density at radius 3 is 1.88 bits per heavy atom. The van der Waals surface area contributed by atoms with Gasteiger partial charge < -0.3 is 16.9 Å². The Hall–Kier alpha value is 0.210. The van der Waals surface area contributed by atoms with Gasteiger partial charge in [-0.25, -0.2) is 0 Å². The van der Waals surface area contributed by atoms with E-state index in [4.69, 9.17) is 11.6 Å². The van der Waals surface area contributed by atoms with Gasteiger partial charge >= 0.3 is 0 Å². The first-order valence-corrected chi connectivity index (χ1v) is 6.51. The van der Waals surface area contributed by atoms with E-state index in [9.17, 15) is 4.79 Å². The van der Waals surface area contributed by atoms with Gasteiger partial charge in [-0.05, 0) is 51.6 Å². The van der Waals surface area contributed by atoms with E-state index in [0.29, 0.717) is 6.42 Å². The molecule has 4 heteroatoms. The van der Waals surface area contributed by atoms with Gasteiger partial charge in [0.15, 0.2) is 0 Å². The third-order valence-corrected chi connectivity index (χ3v) is 3.71. The maximum atomic E-state index is 10.5. The van der Waals surface area contributed by atoms with E-state index >= 15 is 0 Å². The summed E-state index contributed by atoms with van der Waals surface area (Å²) in [5.41, 5.74) is 0. The summed E-state index contributed by atoms with van der Waals surface area (Å²) in [6, 6.07) is 0. The van der Waals surface area contributed by atoms with Crippen LogP contribution in [0.15, 0.2) is 0 Å². The highest BCUT2D eigenvalue weighted by Gasteiger charge is 2.19. The van der Waals surface area contributed by atoms with Crippen LogP contribution in [0.2, 0.25) is 0 Å². The second-order valence-corrected chi connectivity index (χ2v) is 4.60. The van der Waals surface area contributed by atoms with E-state index in [-0.39, 0.29) is 17.6 Å². The highest BCUT2D eigenvalue weighted by atomic mass is 35.5. The first-order chi connectivity index (χ1) is 7.10. The zero-order chi connectivity index (χ0) is 11.7. The molecular weight excluding hydrogens is 245 g/mol. The number of halogens is 2. The van der Waals surface area contributed by atoms with Crippen LogP contribution >= 0.6 is 11.6 Å². The number of hydrogen-bond donors (Lipinski definition) is 0. The molecule has 0 saturated heterocycles. The summed E-state index contributed by atoms with van der Waals surface area (Å²) in [5, 5.41) is -0.197. The number of quaternary nitrogens is 1. The van der Waals surface area contributed by atoms with E-state index < -0.39 is 0 Å². The van der Waals surface area contributed by atoms with Gasteiger partial charge in [0.05, 0.1) is 26.2 Å². The van der Waals surface area contributed by atoms with Crippen LogP contribution in [0.3, 0.4) is 0 Å². The third-order valence-electron chi connectivity index (χ3n) is 3.52. The lowest BCUT2D eigenvalue weighted by molar-refractivity contribution is -0.923. The minimum absolute atomic E-state index is 0. The molecule has 16 heavy (non-hydrogen) atoms. The topological polar surface area (TPSA) is 17.1 Å². The number of hydrogen-bond acceptors (Lipinski definition) is 1. The fourth-order valence-corrected chi connectivity index (χ4v) is 2.17. The standard InChI is InChI=1S/C12H25ClNO.ClH/c1-4-14(5-2,6-3)11-9-7-8-10-12(13)15;/h4-11H2,1-3H3;1H/q+1;/p-1. The molecule has 0 aliphatic heterocycles. The molecule has 0 N–H and O–H groups in total. The molecule has 0 amide bonds. The van der Waals surface area contributed by atoms with E-state index in [1.807, 2.05) is 0 Å². The Bertz CT molecular complexity index is 174. The SMILES string of the molecule is CC[N+](CC)(CC)CCCCCC(=O)Cl.[Cl-]. The average molecular weight is 270 g/mol. The lowest BCUT2D eigenvalue weighted by atomic mass is 10.1. The van der Waals surface area contributed by atoms with Crippen molar-refractivity contribution >= 4 is 16.8 Å². The van der Waals surface area contributed by atoms with Crippen molar-refractivity contribution in [3.8, 4) is 0 Å². The van der Waals surface area contributed by atoms with Crippen LogP contribution in [0.1, 0.15) is 46.5 Å². The molecular formula is C12H25Cl2NO. The van der Waals surface area contributed by atoms with E-state index in [1.165, 1.54) is 37.1 Å². The van der Waals surface area contributed by atoms with Gasteiger partial charge in [0.2, 0.25) is 5.24 Å². The number of carbonyl (C=O) groups is 1. The molecule has 0 heterocycles. The Labute approximate surface area is 111 Å². The van der Waals surface area contributed by atoms with Gasteiger partial charge in [0.1, 0.15) is 0 Å². The normalized spacial score (nSPS) is 11.0. The Morgan fingerprint density at radius 2 is 1.50 bits per heavy atom. The number of rotatable bonds is 9. The van der Waals surface area contributed by atoms with Crippen LogP contribution in [0.25, 0.3) is 0 Å². The van der Waals surface area contributed by atoms with E-state index in [0.717, 1.165) is 12.8 Å². The molecule has 98 valence electrons. The molecule has 0 rings (SSSR count). The molecule has 0 aromatic carbocycles. The van der Waals surface area contributed by atoms with Crippen molar-refractivity contribution in [3.05, 3.63) is 0 Å². The zero-order valence-electron chi connectivity index (χ0n) is 10.8. The average Bonchev–Trinajstić information content (AvgIpc) is 2.24. The smallest absolute Gasteiger partial charge is 0.221 e. The molecule has 0 radical (unpaired) electrons. The van der Waals surface area contributed by atoms with Gasteiger partial charge in [-0.3, -0.25) is 4.79 Å². The number of unbranched alkanes of at least 4 members (excludes halogenated alkanes) is 2. The summed E-state index contributed by atoms with van der Waals surface area (Å²) < 4.78 is 1.20. The molecule has 0 atom stereocenters. The van der Waals surface area contributed by atoms with Crippen LogP contribution in [0.5, 0.6) is 0 Å². The molecule has 0 unspecified atom stereocenters. The highest BCUT2D eigenvalue weighted by Crippen LogP contribution is 2.10. The maximum Gasteiger partial charge on any atom is 0.221 e. The first kappa shape index (κ1) is 18.6. The molecule has 0 spiro atoms. The number of carbonyl (C=O) groups excluding carboxylic acids is 1. The highest BCUT2D eigenvalue weighted by molar-refractivity contribution is 6.63. The largest absolute Gasteiger partial charge is 1.00 e. The molecule has 0 aromatic heterocycles. The summed E-state index contributed by atoms with van der Waals surface area (Å²) in [4.78, 5) is 10.5. The second kappa shape index (κ2) is 10.4. The summed E-state index contributed by atoms with van der Waals surface area (Å²) >= 11 is 5.29. The second-order valence-electron chi connectivity index (χ2n) is 4.18. The summed E-state index contributed by atoms with van der Waals surface area (Å²) in [6.45, 7) is 11.6. The molecule has 0 saturated carbocycles. The molecule has 0 aliphatic carbocycles. The fourth-order valence-electron chi connectivity index (χ4n) is 2.03. The van der Waals surface area contributed by atoms with Crippen molar-refractivity contribution in [2.75, 3.05) is 26.2 Å². The molecule has 0 fully saturated rings. The number of nitrogens with zero attached hydrogens (tertiary/aromatic N) is 1. The first-order valence-electron chi connectivity index (χ1n) is 6.13. The monoisotopic (exact) mass is 269 g/mol. The van der Waals surface area contributed by atoms with Gasteiger partial charge in [0.25, 0.3) is 0 Å². The van der Waals surface area contributed by atoms with Crippen molar-refractivity contribution in [2.24, 2.45) is 0 Å². The Morgan fingerprint density at radius 1 is 1.00 bits per heavy atom. The summed E-state index contributed by atoms with van der Waals surface area (Å²) in [7, 11) is 0. The third kappa shape index (κ3) is 7.48. The molecule has 2 nitrogen and oxygen atoms in total. The van der Waals surface area contributed by atoms with E-state index in [2.05, 4.69) is 20.8 Å². The predicted molar refractivity (Wildman–Crippen MR) is 66.1 cm³/mol. The fraction of sp³-hybridized carbons (Fsp3) is 0.917. The van der Waals surface area contributed by atoms with Crippen molar-refractivity contribution in [1.82, 2.24) is 0 Å². The van der Waals surface area contributed by atoms with Crippen LogP contribution < -0.4 is 12.4 Å². The van der Waals surface area contributed by atoms with Crippen molar-refractivity contribution in [1.29, 1.82) is 0 Å². The maximum absolute atomic E-state index is 10.5. The summed E-state index contributed by atoms with van der Waals surface area (Å²) in [6.07, 6.45) is 3.81. The van der Waals surface area contributed by atoms with Crippen LogP contribution in [-0.2, 0) is 4.79 Å². The molecule has 0 aliphatic rings. The van der Waals surface area contributed by atoms with Gasteiger partial charge in [-0.1, -0.05) is 0 Å². The van der Waals surface area contributed by atoms with Crippen molar-refractivity contribution < 1.29 is 21.7 Å². The lowest BCUT2D eigenvalue weighted by Gasteiger charge is -2.35. The minimum atomic E-state index is -0.197. The van der Waals surface area contributed by atoms with Gasteiger partial charge in [-0.2, -0.15) is 0 Å². The Kier molecular flexibility index (Phi) is 12.0. The predicted octanol–water partition coefficient (Wildman–Crippen LogP) is 0.193. The minimum Gasteiger partial charge on any atom is -1.00 e. The zero-order valence-corrected chi connectivity index (χ0v) is 12.3. The lowest BCUT2D eigenvalue weighted by Crippen LogP contribution is -3.00.